The number of carbonyl (C=O) groups excluding carboxylic acids is 1. The lowest BCUT2D eigenvalue weighted by atomic mass is 9.93. The van der Waals surface area contributed by atoms with E-state index in [1.165, 1.54) is 12.1 Å². The van der Waals surface area contributed by atoms with Crippen LogP contribution in [-0.2, 0) is 0 Å². The summed E-state index contributed by atoms with van der Waals surface area (Å²) in [6.07, 6.45) is 2.00. The van der Waals surface area contributed by atoms with Crippen LogP contribution in [0.15, 0.2) is 18.2 Å². The summed E-state index contributed by atoms with van der Waals surface area (Å²) >= 11 is 0. The summed E-state index contributed by atoms with van der Waals surface area (Å²) in [4.78, 5) is 24.9. The van der Waals surface area contributed by atoms with E-state index in [2.05, 4.69) is 19.2 Å². The first kappa shape index (κ1) is 15.3. The summed E-state index contributed by atoms with van der Waals surface area (Å²) < 4.78 is 0. The predicted octanol–water partition coefficient (Wildman–Crippen LogP) is 2.90. The lowest BCUT2D eigenvalue weighted by Gasteiger charge is -2.36. The highest BCUT2D eigenvalue weighted by atomic mass is 16.6. The zero-order valence-corrected chi connectivity index (χ0v) is 12.6. The van der Waals surface area contributed by atoms with Crippen LogP contribution in [0.5, 0.6) is 0 Å². The number of rotatable bonds is 3. The van der Waals surface area contributed by atoms with Gasteiger partial charge in [0.1, 0.15) is 5.69 Å². The first-order valence-electron chi connectivity index (χ1n) is 7.21. The quantitative estimate of drug-likeness (QED) is 0.686. The molecular weight excluding hydrogens is 270 g/mol. The predicted molar refractivity (Wildman–Crippen MR) is 81.5 cm³/mol. The van der Waals surface area contributed by atoms with Gasteiger partial charge in [0.05, 0.1) is 4.92 Å². The maximum atomic E-state index is 12.6. The van der Waals surface area contributed by atoms with Crippen LogP contribution >= 0.6 is 0 Å². The van der Waals surface area contributed by atoms with Crippen molar-refractivity contribution in [3.8, 4) is 0 Å². The number of piperidine rings is 1. The van der Waals surface area contributed by atoms with Gasteiger partial charge in [-0.2, -0.15) is 0 Å². The highest BCUT2D eigenvalue weighted by Crippen LogP contribution is 2.28. The van der Waals surface area contributed by atoms with E-state index >= 15 is 0 Å². The molecule has 6 nitrogen and oxygen atoms in total. The molecule has 1 aliphatic heterocycles. The average molecular weight is 291 g/mol. The van der Waals surface area contributed by atoms with Crippen LogP contribution in [0.1, 0.15) is 37.0 Å². The van der Waals surface area contributed by atoms with Crippen molar-refractivity contribution in [3.63, 3.8) is 0 Å². The minimum Gasteiger partial charge on any atom is -0.383 e. The van der Waals surface area contributed by atoms with Gasteiger partial charge in [-0.1, -0.05) is 6.92 Å². The van der Waals surface area contributed by atoms with E-state index in [4.69, 9.17) is 0 Å². The van der Waals surface area contributed by atoms with Crippen LogP contribution in [0, 0.1) is 16.0 Å². The Hall–Kier alpha value is -2.11. The van der Waals surface area contributed by atoms with Gasteiger partial charge in [0.25, 0.3) is 11.6 Å². The standard InChI is InChI=1S/C15H21N3O3/c1-10-6-7-17(11(2)8-10)15(19)12-4-5-14(18(20)21)13(9-12)16-3/h4-5,9-11,16H,6-8H2,1-3H3. The van der Waals surface area contributed by atoms with Crippen molar-refractivity contribution in [2.45, 2.75) is 32.7 Å². The van der Waals surface area contributed by atoms with E-state index in [9.17, 15) is 14.9 Å². The van der Waals surface area contributed by atoms with Gasteiger partial charge in [-0.15, -0.1) is 0 Å². The van der Waals surface area contributed by atoms with Crippen molar-refractivity contribution in [2.24, 2.45) is 5.92 Å². The number of nitrogens with one attached hydrogen (secondary N) is 1. The molecule has 2 rings (SSSR count). The molecule has 0 radical (unpaired) electrons. The Balaban J connectivity index is 2.25. The molecule has 0 saturated carbocycles. The van der Waals surface area contributed by atoms with Crippen LogP contribution in [0.2, 0.25) is 0 Å². The second-order valence-electron chi connectivity index (χ2n) is 5.72. The molecule has 114 valence electrons. The molecule has 1 N–H and O–H groups in total. The van der Waals surface area contributed by atoms with Crippen molar-refractivity contribution in [1.82, 2.24) is 4.90 Å². The smallest absolute Gasteiger partial charge is 0.292 e. The summed E-state index contributed by atoms with van der Waals surface area (Å²) in [5.41, 5.74) is 0.838. The van der Waals surface area contributed by atoms with E-state index in [1.807, 2.05) is 4.90 Å². The van der Waals surface area contributed by atoms with Crippen molar-refractivity contribution in [3.05, 3.63) is 33.9 Å². The maximum absolute atomic E-state index is 12.6. The van der Waals surface area contributed by atoms with Gasteiger partial charge >= 0.3 is 0 Å². The Morgan fingerprint density at radius 1 is 1.43 bits per heavy atom. The van der Waals surface area contributed by atoms with E-state index in [0.717, 1.165) is 19.4 Å². The van der Waals surface area contributed by atoms with Crippen LogP contribution in [0.25, 0.3) is 0 Å². The summed E-state index contributed by atoms with van der Waals surface area (Å²) in [6, 6.07) is 4.68. The molecule has 1 saturated heterocycles. The van der Waals surface area contributed by atoms with Crippen molar-refractivity contribution in [1.29, 1.82) is 0 Å². The minimum absolute atomic E-state index is 0.0191. The zero-order valence-electron chi connectivity index (χ0n) is 12.6. The van der Waals surface area contributed by atoms with Gasteiger partial charge in [0.2, 0.25) is 0 Å². The van der Waals surface area contributed by atoms with Gasteiger partial charge in [-0.05, 0) is 37.8 Å². The number of nitrogens with zero attached hydrogens (tertiary/aromatic N) is 2. The highest BCUT2D eigenvalue weighted by molar-refractivity contribution is 5.96. The van der Waals surface area contributed by atoms with E-state index in [-0.39, 0.29) is 17.6 Å². The Labute approximate surface area is 124 Å². The molecule has 0 aromatic heterocycles. The Morgan fingerprint density at radius 3 is 2.71 bits per heavy atom. The van der Waals surface area contributed by atoms with Crippen LogP contribution in [-0.4, -0.2) is 35.4 Å². The zero-order chi connectivity index (χ0) is 15.6. The van der Waals surface area contributed by atoms with Gasteiger partial charge < -0.3 is 10.2 Å². The lowest BCUT2D eigenvalue weighted by molar-refractivity contribution is -0.383. The SMILES string of the molecule is CNc1cc(C(=O)N2CCC(C)CC2C)ccc1[N+](=O)[O-]. The molecule has 6 heteroatoms. The normalized spacial score (nSPS) is 22.0. The van der Waals surface area contributed by atoms with E-state index < -0.39 is 4.92 Å². The van der Waals surface area contributed by atoms with Crippen LogP contribution in [0.4, 0.5) is 11.4 Å². The molecule has 0 spiro atoms. The number of likely N-dealkylation sites (tertiary alicyclic amines) is 1. The number of amides is 1. The fraction of sp³-hybridized carbons (Fsp3) is 0.533. The average Bonchev–Trinajstić information content (AvgIpc) is 2.45. The molecule has 1 heterocycles. The fourth-order valence-electron chi connectivity index (χ4n) is 2.90. The first-order chi connectivity index (χ1) is 9.93. The Morgan fingerprint density at radius 2 is 2.14 bits per heavy atom. The highest BCUT2D eigenvalue weighted by Gasteiger charge is 2.28. The molecule has 1 amide bonds. The second kappa shape index (κ2) is 6.11. The summed E-state index contributed by atoms with van der Waals surface area (Å²) in [5, 5.41) is 13.7. The molecule has 1 aliphatic rings. The summed E-state index contributed by atoms with van der Waals surface area (Å²) in [5.74, 6) is 0.578. The summed E-state index contributed by atoms with van der Waals surface area (Å²) in [6.45, 7) is 4.99. The lowest BCUT2D eigenvalue weighted by Crippen LogP contribution is -2.44. The molecule has 0 bridgehead atoms. The maximum Gasteiger partial charge on any atom is 0.292 e. The third-order valence-electron chi connectivity index (χ3n) is 4.11. The minimum atomic E-state index is -0.453. The second-order valence-corrected chi connectivity index (χ2v) is 5.72. The van der Waals surface area contributed by atoms with Crippen LogP contribution in [0.3, 0.4) is 0 Å². The molecular formula is C15H21N3O3. The molecule has 0 aliphatic carbocycles. The number of hydrogen-bond acceptors (Lipinski definition) is 4. The van der Waals surface area contributed by atoms with E-state index in [0.29, 0.717) is 17.2 Å². The molecule has 1 fully saturated rings. The van der Waals surface area contributed by atoms with Gasteiger partial charge in [0, 0.05) is 31.3 Å². The number of nitro groups is 1. The Kier molecular flexibility index (Phi) is 4.45. The molecule has 2 unspecified atom stereocenters. The molecule has 21 heavy (non-hydrogen) atoms. The molecule has 1 aromatic rings. The largest absolute Gasteiger partial charge is 0.383 e. The third kappa shape index (κ3) is 3.15. The topological polar surface area (TPSA) is 75.5 Å². The van der Waals surface area contributed by atoms with Gasteiger partial charge in [0.15, 0.2) is 0 Å². The third-order valence-corrected chi connectivity index (χ3v) is 4.11. The van der Waals surface area contributed by atoms with Crippen LogP contribution < -0.4 is 5.32 Å². The Bertz CT molecular complexity index is 559. The van der Waals surface area contributed by atoms with E-state index in [1.54, 1.807) is 13.1 Å². The monoisotopic (exact) mass is 291 g/mol. The number of nitro benzene ring substituents is 1. The first-order valence-corrected chi connectivity index (χ1v) is 7.21. The molecule has 1 aromatic carbocycles. The number of carbonyl (C=O) groups is 1. The van der Waals surface area contributed by atoms with Gasteiger partial charge in [-0.25, -0.2) is 0 Å². The van der Waals surface area contributed by atoms with Crippen molar-refractivity contribution in [2.75, 3.05) is 18.9 Å². The van der Waals surface area contributed by atoms with Crippen molar-refractivity contribution < 1.29 is 9.72 Å². The fourth-order valence-corrected chi connectivity index (χ4v) is 2.90. The number of anilines is 1. The molecule has 2 atom stereocenters. The summed E-state index contributed by atoms with van der Waals surface area (Å²) in [7, 11) is 1.61. The van der Waals surface area contributed by atoms with Gasteiger partial charge in [-0.3, -0.25) is 14.9 Å². The van der Waals surface area contributed by atoms with Crippen molar-refractivity contribution >= 4 is 17.3 Å². The number of hydrogen-bond donors (Lipinski definition) is 1. The number of benzene rings is 1.